The summed E-state index contributed by atoms with van der Waals surface area (Å²) in [4.78, 5) is 11.9. The van der Waals surface area contributed by atoms with E-state index in [9.17, 15) is 18.0 Å². The first-order chi connectivity index (χ1) is 11.3. The average Bonchev–Trinajstić information content (AvgIpc) is 2.53. The molecule has 1 amide bonds. The standard InChI is InChI=1S/C18H19F3N2O/c1-12(2)13-7-9-14(10-8-13)23-17(24)11-22-16-6-4-3-5-15(16)18(19,20)21/h3-10,12,22H,11H2,1-2H3,(H,23,24). The van der Waals surface area contributed by atoms with Crippen molar-refractivity contribution >= 4 is 17.3 Å². The SMILES string of the molecule is CC(C)c1ccc(NC(=O)CNc2ccccc2C(F)(F)F)cc1. The van der Waals surface area contributed by atoms with Crippen molar-refractivity contribution in [2.75, 3.05) is 17.2 Å². The van der Waals surface area contributed by atoms with E-state index in [-0.39, 0.29) is 12.2 Å². The van der Waals surface area contributed by atoms with Gasteiger partial charge in [-0.1, -0.05) is 38.1 Å². The number of hydrogen-bond donors (Lipinski definition) is 2. The van der Waals surface area contributed by atoms with Gasteiger partial charge in [-0.2, -0.15) is 13.2 Å². The molecule has 2 aromatic carbocycles. The summed E-state index contributed by atoms with van der Waals surface area (Å²) in [5, 5.41) is 5.19. The van der Waals surface area contributed by atoms with E-state index in [2.05, 4.69) is 24.5 Å². The van der Waals surface area contributed by atoms with Crippen molar-refractivity contribution < 1.29 is 18.0 Å². The van der Waals surface area contributed by atoms with Gasteiger partial charge in [0.1, 0.15) is 0 Å². The van der Waals surface area contributed by atoms with Crippen LogP contribution in [-0.4, -0.2) is 12.5 Å². The third-order valence-corrected chi connectivity index (χ3v) is 3.53. The Bertz CT molecular complexity index is 694. The number of para-hydroxylation sites is 1. The van der Waals surface area contributed by atoms with E-state index < -0.39 is 17.6 Å². The molecular formula is C18H19F3N2O. The number of hydrogen-bond acceptors (Lipinski definition) is 2. The molecule has 2 N–H and O–H groups in total. The zero-order valence-corrected chi connectivity index (χ0v) is 13.4. The summed E-state index contributed by atoms with van der Waals surface area (Å²) in [7, 11) is 0. The van der Waals surface area contributed by atoms with Gasteiger partial charge in [-0.25, -0.2) is 0 Å². The number of anilines is 2. The molecule has 0 spiro atoms. The van der Waals surface area contributed by atoms with Crippen LogP contribution in [0.2, 0.25) is 0 Å². The van der Waals surface area contributed by atoms with Crippen LogP contribution in [0.15, 0.2) is 48.5 Å². The third-order valence-electron chi connectivity index (χ3n) is 3.53. The molecule has 128 valence electrons. The van der Waals surface area contributed by atoms with E-state index in [0.29, 0.717) is 11.6 Å². The summed E-state index contributed by atoms with van der Waals surface area (Å²) in [6.07, 6.45) is -4.47. The van der Waals surface area contributed by atoms with Crippen molar-refractivity contribution in [1.29, 1.82) is 0 Å². The highest BCUT2D eigenvalue weighted by atomic mass is 19.4. The van der Waals surface area contributed by atoms with Gasteiger partial charge >= 0.3 is 6.18 Å². The molecule has 0 saturated heterocycles. The molecule has 0 aliphatic rings. The maximum Gasteiger partial charge on any atom is 0.418 e. The predicted molar refractivity (Wildman–Crippen MR) is 89.1 cm³/mol. The number of benzene rings is 2. The van der Waals surface area contributed by atoms with E-state index >= 15 is 0 Å². The van der Waals surface area contributed by atoms with Gasteiger partial charge in [-0.3, -0.25) is 4.79 Å². The van der Waals surface area contributed by atoms with Crippen LogP contribution in [-0.2, 0) is 11.0 Å². The molecule has 24 heavy (non-hydrogen) atoms. The lowest BCUT2D eigenvalue weighted by Gasteiger charge is -2.14. The Balaban J connectivity index is 1.97. The molecule has 0 aromatic heterocycles. The first kappa shape index (κ1) is 17.8. The minimum atomic E-state index is -4.47. The molecule has 0 saturated carbocycles. The number of alkyl halides is 3. The number of carbonyl (C=O) groups is 1. The second-order valence-corrected chi connectivity index (χ2v) is 5.72. The lowest BCUT2D eigenvalue weighted by Crippen LogP contribution is -2.23. The van der Waals surface area contributed by atoms with Crippen LogP contribution in [0, 0.1) is 0 Å². The second kappa shape index (κ2) is 7.38. The maximum absolute atomic E-state index is 12.9. The molecule has 0 radical (unpaired) electrons. The molecular weight excluding hydrogens is 317 g/mol. The fourth-order valence-corrected chi connectivity index (χ4v) is 2.22. The molecule has 0 heterocycles. The van der Waals surface area contributed by atoms with Gasteiger partial charge in [0.05, 0.1) is 12.1 Å². The largest absolute Gasteiger partial charge is 0.418 e. The van der Waals surface area contributed by atoms with Crippen LogP contribution in [0.25, 0.3) is 0 Å². The molecule has 2 rings (SSSR count). The summed E-state index contributed by atoms with van der Waals surface area (Å²) in [5.74, 6) is -0.0282. The molecule has 0 atom stereocenters. The Labute approximate surface area is 138 Å². The Morgan fingerprint density at radius 1 is 1.04 bits per heavy atom. The monoisotopic (exact) mass is 336 g/mol. The second-order valence-electron chi connectivity index (χ2n) is 5.72. The van der Waals surface area contributed by atoms with Crippen molar-refractivity contribution in [3.8, 4) is 0 Å². The molecule has 0 fully saturated rings. The van der Waals surface area contributed by atoms with Gasteiger partial charge in [0.2, 0.25) is 5.91 Å². The van der Waals surface area contributed by atoms with Crippen LogP contribution in [0.3, 0.4) is 0 Å². The van der Waals surface area contributed by atoms with Crippen molar-refractivity contribution in [3.63, 3.8) is 0 Å². The number of rotatable bonds is 5. The smallest absolute Gasteiger partial charge is 0.376 e. The first-order valence-electron chi connectivity index (χ1n) is 7.57. The Morgan fingerprint density at radius 3 is 2.25 bits per heavy atom. The highest BCUT2D eigenvalue weighted by Gasteiger charge is 2.33. The Kier molecular flexibility index (Phi) is 5.49. The van der Waals surface area contributed by atoms with E-state index in [4.69, 9.17) is 0 Å². The van der Waals surface area contributed by atoms with E-state index in [0.717, 1.165) is 11.6 Å². The Hall–Kier alpha value is -2.50. The van der Waals surface area contributed by atoms with Crippen LogP contribution < -0.4 is 10.6 Å². The van der Waals surface area contributed by atoms with Gasteiger partial charge in [-0.05, 0) is 35.7 Å². The number of carbonyl (C=O) groups excluding carboxylic acids is 1. The molecule has 0 bridgehead atoms. The van der Waals surface area contributed by atoms with E-state index in [1.165, 1.54) is 18.2 Å². The van der Waals surface area contributed by atoms with Crippen LogP contribution in [0.4, 0.5) is 24.5 Å². The number of amides is 1. The average molecular weight is 336 g/mol. The zero-order valence-electron chi connectivity index (χ0n) is 13.4. The van der Waals surface area contributed by atoms with Crippen molar-refractivity contribution in [1.82, 2.24) is 0 Å². The van der Waals surface area contributed by atoms with Crippen molar-refractivity contribution in [2.24, 2.45) is 0 Å². The normalized spacial score (nSPS) is 11.4. The lowest BCUT2D eigenvalue weighted by atomic mass is 10.0. The van der Waals surface area contributed by atoms with E-state index in [1.54, 1.807) is 12.1 Å². The molecule has 0 aliphatic carbocycles. The van der Waals surface area contributed by atoms with Crippen LogP contribution in [0.5, 0.6) is 0 Å². The maximum atomic E-state index is 12.9. The first-order valence-corrected chi connectivity index (χ1v) is 7.57. The van der Waals surface area contributed by atoms with Crippen LogP contribution >= 0.6 is 0 Å². The molecule has 2 aromatic rings. The van der Waals surface area contributed by atoms with Gasteiger partial charge in [0.15, 0.2) is 0 Å². The summed E-state index contributed by atoms with van der Waals surface area (Å²) in [6, 6.07) is 12.4. The summed E-state index contributed by atoms with van der Waals surface area (Å²) in [5.41, 5.74) is 0.843. The molecule has 6 heteroatoms. The highest BCUT2D eigenvalue weighted by Crippen LogP contribution is 2.34. The Morgan fingerprint density at radius 2 is 1.67 bits per heavy atom. The van der Waals surface area contributed by atoms with Gasteiger partial charge in [-0.15, -0.1) is 0 Å². The summed E-state index contributed by atoms with van der Waals surface area (Å²) >= 11 is 0. The van der Waals surface area contributed by atoms with Gasteiger partial charge < -0.3 is 10.6 Å². The molecule has 0 aliphatic heterocycles. The predicted octanol–water partition coefficient (Wildman–Crippen LogP) is 4.88. The third kappa shape index (κ3) is 4.75. The van der Waals surface area contributed by atoms with Crippen molar-refractivity contribution in [2.45, 2.75) is 25.9 Å². The number of nitrogens with one attached hydrogen (secondary N) is 2. The van der Waals surface area contributed by atoms with E-state index in [1.807, 2.05) is 12.1 Å². The lowest BCUT2D eigenvalue weighted by molar-refractivity contribution is -0.137. The zero-order chi connectivity index (χ0) is 17.7. The highest BCUT2D eigenvalue weighted by molar-refractivity contribution is 5.93. The summed E-state index contributed by atoms with van der Waals surface area (Å²) < 4.78 is 38.6. The summed E-state index contributed by atoms with van der Waals surface area (Å²) in [6.45, 7) is 3.88. The topological polar surface area (TPSA) is 41.1 Å². The minimum absolute atomic E-state index is 0.115. The fourth-order valence-electron chi connectivity index (χ4n) is 2.22. The molecule has 3 nitrogen and oxygen atoms in total. The molecule has 0 unspecified atom stereocenters. The quantitative estimate of drug-likeness (QED) is 0.817. The van der Waals surface area contributed by atoms with Gasteiger partial charge in [0, 0.05) is 11.4 Å². The van der Waals surface area contributed by atoms with Crippen molar-refractivity contribution in [3.05, 3.63) is 59.7 Å². The minimum Gasteiger partial charge on any atom is -0.376 e. The fraction of sp³-hybridized carbons (Fsp3) is 0.278. The van der Waals surface area contributed by atoms with Gasteiger partial charge in [0.25, 0.3) is 0 Å². The van der Waals surface area contributed by atoms with Crippen LogP contribution in [0.1, 0.15) is 30.9 Å². The number of halogens is 3.